The lowest BCUT2D eigenvalue weighted by Crippen LogP contribution is -2.18. The van der Waals surface area contributed by atoms with Crippen LogP contribution in [0.1, 0.15) is 29.7 Å². The van der Waals surface area contributed by atoms with Crippen molar-refractivity contribution in [2.45, 2.75) is 26.4 Å². The van der Waals surface area contributed by atoms with Gasteiger partial charge in [0, 0.05) is 30.4 Å². The number of nitrogens with zero attached hydrogens (tertiary/aromatic N) is 1. The van der Waals surface area contributed by atoms with E-state index in [1.165, 1.54) is 27.5 Å². The van der Waals surface area contributed by atoms with Gasteiger partial charge in [-0.15, -0.1) is 0 Å². The van der Waals surface area contributed by atoms with Crippen molar-refractivity contribution < 1.29 is 0 Å². The highest BCUT2D eigenvalue weighted by molar-refractivity contribution is 5.81. The summed E-state index contributed by atoms with van der Waals surface area (Å²) in [5.41, 5.74) is 4.00. The third-order valence-corrected chi connectivity index (χ3v) is 3.97. The summed E-state index contributed by atoms with van der Waals surface area (Å²) in [5.74, 6) is 0. The standard InChI is InChI=1S/C19H20N2/c1-14-5-3-4-6-19(14)15(2)21-12-16-7-8-18-13-20-10-9-17(18)11-16/h3-11,13,15,21H,12H2,1-2H3/t15-/m1/s1. The van der Waals surface area contributed by atoms with E-state index < -0.39 is 0 Å². The van der Waals surface area contributed by atoms with E-state index in [0.29, 0.717) is 6.04 Å². The predicted molar refractivity (Wildman–Crippen MR) is 88.2 cm³/mol. The maximum atomic E-state index is 4.15. The quantitative estimate of drug-likeness (QED) is 0.764. The molecule has 0 fully saturated rings. The molecule has 2 heteroatoms. The second-order valence-electron chi connectivity index (χ2n) is 5.52. The van der Waals surface area contributed by atoms with Gasteiger partial charge in [-0.1, -0.05) is 36.4 Å². The highest BCUT2D eigenvalue weighted by atomic mass is 14.9. The molecular weight excluding hydrogens is 256 g/mol. The number of pyridine rings is 1. The van der Waals surface area contributed by atoms with Crippen LogP contribution in [0.3, 0.4) is 0 Å². The van der Waals surface area contributed by atoms with Crippen LogP contribution in [0.2, 0.25) is 0 Å². The molecule has 1 N–H and O–H groups in total. The number of hydrogen-bond acceptors (Lipinski definition) is 2. The molecule has 0 bridgehead atoms. The average molecular weight is 276 g/mol. The Labute approximate surface area is 125 Å². The molecule has 0 saturated carbocycles. The normalized spacial score (nSPS) is 12.5. The third-order valence-electron chi connectivity index (χ3n) is 3.97. The lowest BCUT2D eigenvalue weighted by Gasteiger charge is -2.16. The largest absolute Gasteiger partial charge is 0.306 e. The number of fused-ring (bicyclic) bond motifs is 1. The molecule has 2 nitrogen and oxygen atoms in total. The van der Waals surface area contributed by atoms with Gasteiger partial charge in [0.15, 0.2) is 0 Å². The topological polar surface area (TPSA) is 24.9 Å². The number of aromatic nitrogens is 1. The Morgan fingerprint density at radius 2 is 1.90 bits per heavy atom. The Morgan fingerprint density at radius 1 is 1.05 bits per heavy atom. The van der Waals surface area contributed by atoms with Crippen LogP contribution in [-0.4, -0.2) is 4.98 Å². The molecule has 1 heterocycles. The Hall–Kier alpha value is -2.19. The van der Waals surface area contributed by atoms with Gasteiger partial charge in [0.1, 0.15) is 0 Å². The molecule has 21 heavy (non-hydrogen) atoms. The first-order chi connectivity index (χ1) is 10.2. The fourth-order valence-electron chi connectivity index (χ4n) is 2.70. The maximum absolute atomic E-state index is 4.15. The molecule has 0 amide bonds. The second kappa shape index (κ2) is 6.06. The van der Waals surface area contributed by atoms with E-state index in [0.717, 1.165) is 6.54 Å². The molecule has 0 spiro atoms. The van der Waals surface area contributed by atoms with Crippen molar-refractivity contribution in [1.82, 2.24) is 10.3 Å². The minimum absolute atomic E-state index is 0.347. The molecular formula is C19H20N2. The summed E-state index contributed by atoms with van der Waals surface area (Å²) in [7, 11) is 0. The monoisotopic (exact) mass is 276 g/mol. The van der Waals surface area contributed by atoms with Gasteiger partial charge in [-0.3, -0.25) is 4.98 Å². The lowest BCUT2D eigenvalue weighted by atomic mass is 10.0. The van der Waals surface area contributed by atoms with Crippen LogP contribution < -0.4 is 5.32 Å². The molecule has 2 aromatic carbocycles. The van der Waals surface area contributed by atoms with E-state index >= 15 is 0 Å². The van der Waals surface area contributed by atoms with Gasteiger partial charge < -0.3 is 5.32 Å². The lowest BCUT2D eigenvalue weighted by molar-refractivity contribution is 0.572. The van der Waals surface area contributed by atoms with Crippen LogP contribution in [-0.2, 0) is 6.54 Å². The zero-order valence-electron chi connectivity index (χ0n) is 12.5. The number of rotatable bonds is 4. The summed E-state index contributed by atoms with van der Waals surface area (Å²) in [6.07, 6.45) is 3.75. The Bertz CT molecular complexity index is 749. The molecule has 1 aromatic heterocycles. The summed E-state index contributed by atoms with van der Waals surface area (Å²) in [5, 5.41) is 6.04. The van der Waals surface area contributed by atoms with Crippen molar-refractivity contribution in [2.24, 2.45) is 0 Å². The predicted octanol–water partition coefficient (Wildman–Crippen LogP) is 4.39. The minimum atomic E-state index is 0.347. The van der Waals surface area contributed by atoms with Crippen molar-refractivity contribution in [1.29, 1.82) is 0 Å². The van der Waals surface area contributed by atoms with Crippen LogP contribution in [0.4, 0.5) is 0 Å². The van der Waals surface area contributed by atoms with E-state index in [4.69, 9.17) is 0 Å². The average Bonchev–Trinajstić information content (AvgIpc) is 2.53. The smallest absolute Gasteiger partial charge is 0.0346 e. The van der Waals surface area contributed by atoms with E-state index in [9.17, 15) is 0 Å². The van der Waals surface area contributed by atoms with Gasteiger partial charge in [-0.2, -0.15) is 0 Å². The molecule has 0 unspecified atom stereocenters. The van der Waals surface area contributed by atoms with Crippen molar-refractivity contribution in [3.05, 3.63) is 77.6 Å². The van der Waals surface area contributed by atoms with Gasteiger partial charge in [0.25, 0.3) is 0 Å². The van der Waals surface area contributed by atoms with E-state index in [2.05, 4.69) is 72.7 Å². The summed E-state index contributed by atoms with van der Waals surface area (Å²) in [6, 6.07) is 17.5. The van der Waals surface area contributed by atoms with Crippen molar-refractivity contribution in [3.8, 4) is 0 Å². The van der Waals surface area contributed by atoms with Crippen molar-refractivity contribution in [3.63, 3.8) is 0 Å². The summed E-state index contributed by atoms with van der Waals surface area (Å²) in [4.78, 5) is 4.15. The first kappa shape index (κ1) is 13.8. The fraction of sp³-hybridized carbons (Fsp3) is 0.211. The van der Waals surface area contributed by atoms with E-state index in [1.807, 2.05) is 12.4 Å². The summed E-state index contributed by atoms with van der Waals surface area (Å²) >= 11 is 0. The zero-order valence-corrected chi connectivity index (χ0v) is 12.5. The summed E-state index contributed by atoms with van der Waals surface area (Å²) in [6.45, 7) is 5.25. The van der Waals surface area contributed by atoms with Crippen LogP contribution in [0, 0.1) is 6.92 Å². The van der Waals surface area contributed by atoms with Gasteiger partial charge >= 0.3 is 0 Å². The molecule has 0 aliphatic rings. The highest BCUT2D eigenvalue weighted by Gasteiger charge is 2.07. The summed E-state index contributed by atoms with van der Waals surface area (Å²) < 4.78 is 0. The van der Waals surface area contributed by atoms with Gasteiger partial charge in [0.05, 0.1) is 0 Å². The third kappa shape index (κ3) is 3.11. The first-order valence-electron chi connectivity index (χ1n) is 7.35. The van der Waals surface area contributed by atoms with Crippen molar-refractivity contribution >= 4 is 10.8 Å². The maximum Gasteiger partial charge on any atom is 0.0346 e. The van der Waals surface area contributed by atoms with E-state index in [1.54, 1.807) is 0 Å². The SMILES string of the molecule is Cc1ccccc1[C@@H](C)NCc1ccc2cnccc2c1. The van der Waals surface area contributed by atoms with Crippen LogP contribution in [0.15, 0.2) is 60.9 Å². The number of hydrogen-bond donors (Lipinski definition) is 1. The molecule has 106 valence electrons. The molecule has 0 saturated heterocycles. The van der Waals surface area contributed by atoms with Crippen LogP contribution >= 0.6 is 0 Å². The molecule has 0 aliphatic heterocycles. The molecule has 1 atom stereocenters. The van der Waals surface area contributed by atoms with Crippen molar-refractivity contribution in [2.75, 3.05) is 0 Å². The van der Waals surface area contributed by atoms with Gasteiger partial charge in [-0.25, -0.2) is 0 Å². The van der Waals surface area contributed by atoms with Crippen LogP contribution in [0.5, 0.6) is 0 Å². The fourth-order valence-corrected chi connectivity index (χ4v) is 2.70. The highest BCUT2D eigenvalue weighted by Crippen LogP contribution is 2.18. The first-order valence-corrected chi connectivity index (χ1v) is 7.35. The molecule has 3 rings (SSSR count). The Kier molecular flexibility index (Phi) is 3.98. The zero-order chi connectivity index (χ0) is 14.7. The van der Waals surface area contributed by atoms with Gasteiger partial charge in [-0.05, 0) is 48.1 Å². The Balaban J connectivity index is 1.73. The Morgan fingerprint density at radius 3 is 2.76 bits per heavy atom. The number of aryl methyl sites for hydroxylation is 1. The molecule has 3 aromatic rings. The number of benzene rings is 2. The number of nitrogens with one attached hydrogen (secondary N) is 1. The molecule has 0 radical (unpaired) electrons. The molecule has 0 aliphatic carbocycles. The minimum Gasteiger partial charge on any atom is -0.306 e. The van der Waals surface area contributed by atoms with Crippen LogP contribution in [0.25, 0.3) is 10.8 Å². The van der Waals surface area contributed by atoms with E-state index in [-0.39, 0.29) is 0 Å². The second-order valence-corrected chi connectivity index (χ2v) is 5.52. The van der Waals surface area contributed by atoms with Gasteiger partial charge in [0.2, 0.25) is 0 Å².